The lowest BCUT2D eigenvalue weighted by molar-refractivity contribution is 0.0742. The molecule has 2 aromatic carbocycles. The van der Waals surface area contributed by atoms with Gasteiger partial charge in [0, 0.05) is 19.7 Å². The molecule has 0 spiro atoms. The first-order valence-electron chi connectivity index (χ1n) is 7.72. The zero-order chi connectivity index (χ0) is 18.6. The van der Waals surface area contributed by atoms with E-state index in [1.165, 1.54) is 12.1 Å². The number of nitrogens with zero attached hydrogens (tertiary/aromatic N) is 1. The Kier molecular flexibility index (Phi) is 5.94. The topological polar surface area (TPSA) is 89.7 Å². The molecule has 1 amide bonds. The molecule has 134 valence electrons. The van der Waals surface area contributed by atoms with Crippen molar-refractivity contribution in [3.05, 3.63) is 65.2 Å². The van der Waals surface area contributed by atoms with E-state index in [1.807, 2.05) is 19.1 Å². The van der Waals surface area contributed by atoms with Gasteiger partial charge in [-0.1, -0.05) is 24.3 Å². The van der Waals surface area contributed by atoms with E-state index in [0.717, 1.165) is 11.1 Å². The van der Waals surface area contributed by atoms with Gasteiger partial charge in [0.2, 0.25) is 10.0 Å². The van der Waals surface area contributed by atoms with Crippen LogP contribution in [0.4, 0.5) is 0 Å². The molecule has 1 atom stereocenters. The van der Waals surface area contributed by atoms with Crippen molar-refractivity contribution in [1.29, 1.82) is 0 Å². The molecular weight excluding hydrogens is 340 g/mol. The molecule has 6 nitrogen and oxygen atoms in total. The van der Waals surface area contributed by atoms with Gasteiger partial charge in [-0.3, -0.25) is 4.79 Å². The second kappa shape index (κ2) is 7.77. The summed E-state index contributed by atoms with van der Waals surface area (Å²) in [6, 6.07) is 13.2. The number of nitrogens with two attached hydrogens (primary N) is 1. The van der Waals surface area contributed by atoms with Crippen LogP contribution in [0.15, 0.2) is 53.4 Å². The predicted molar refractivity (Wildman–Crippen MR) is 95.5 cm³/mol. The summed E-state index contributed by atoms with van der Waals surface area (Å²) in [6.45, 7) is 2.38. The maximum atomic E-state index is 12.6. The van der Waals surface area contributed by atoms with Gasteiger partial charge >= 0.3 is 0 Å². The molecule has 0 aromatic heterocycles. The standard InChI is InChI=1S/C18H22N2O4S/c1-13(15-8-10-17(11-9-15)25(19,22)23)20(2)18(21)16-6-4-14(5-7-16)12-24-3/h4-11,13H,12H2,1-3H3,(H2,19,22,23)/t13-/m1/s1. The Bertz CT molecular complexity index is 830. The number of hydrogen-bond acceptors (Lipinski definition) is 4. The largest absolute Gasteiger partial charge is 0.380 e. The number of benzene rings is 2. The van der Waals surface area contributed by atoms with E-state index in [2.05, 4.69) is 0 Å². The van der Waals surface area contributed by atoms with Gasteiger partial charge < -0.3 is 9.64 Å². The van der Waals surface area contributed by atoms with Gasteiger partial charge in [0.1, 0.15) is 0 Å². The molecule has 0 heterocycles. The van der Waals surface area contributed by atoms with E-state index >= 15 is 0 Å². The van der Waals surface area contributed by atoms with Crippen LogP contribution in [0.3, 0.4) is 0 Å². The maximum absolute atomic E-state index is 12.6. The van der Waals surface area contributed by atoms with Crippen molar-refractivity contribution in [3.63, 3.8) is 0 Å². The zero-order valence-electron chi connectivity index (χ0n) is 14.5. The first-order chi connectivity index (χ1) is 11.7. The van der Waals surface area contributed by atoms with Gasteiger partial charge in [-0.25, -0.2) is 13.6 Å². The van der Waals surface area contributed by atoms with E-state index in [4.69, 9.17) is 9.88 Å². The lowest BCUT2D eigenvalue weighted by Crippen LogP contribution is -2.29. The Labute approximate surface area is 148 Å². The van der Waals surface area contributed by atoms with Crippen molar-refractivity contribution in [2.24, 2.45) is 5.14 Å². The summed E-state index contributed by atoms with van der Waals surface area (Å²) in [6.07, 6.45) is 0. The van der Waals surface area contributed by atoms with E-state index in [-0.39, 0.29) is 16.8 Å². The molecule has 0 aliphatic rings. The molecule has 0 unspecified atom stereocenters. The molecule has 25 heavy (non-hydrogen) atoms. The number of amides is 1. The summed E-state index contributed by atoms with van der Waals surface area (Å²) in [5, 5.41) is 5.10. The lowest BCUT2D eigenvalue weighted by Gasteiger charge is -2.25. The minimum absolute atomic E-state index is 0.0474. The Morgan fingerprint density at radius 3 is 2.16 bits per heavy atom. The molecule has 2 aromatic rings. The highest BCUT2D eigenvalue weighted by atomic mass is 32.2. The number of rotatable bonds is 6. The quantitative estimate of drug-likeness (QED) is 0.854. The monoisotopic (exact) mass is 362 g/mol. The van der Waals surface area contributed by atoms with E-state index in [0.29, 0.717) is 12.2 Å². The van der Waals surface area contributed by atoms with Crippen LogP contribution in [-0.4, -0.2) is 33.4 Å². The van der Waals surface area contributed by atoms with E-state index in [1.54, 1.807) is 43.3 Å². The zero-order valence-corrected chi connectivity index (χ0v) is 15.3. The summed E-state index contributed by atoms with van der Waals surface area (Å²) in [7, 11) is -0.392. The second-order valence-corrected chi connectivity index (χ2v) is 7.40. The molecule has 0 radical (unpaired) electrons. The molecule has 0 saturated carbocycles. The Morgan fingerprint density at radius 1 is 1.12 bits per heavy atom. The van der Waals surface area contributed by atoms with E-state index < -0.39 is 10.0 Å². The Morgan fingerprint density at radius 2 is 1.68 bits per heavy atom. The highest BCUT2D eigenvalue weighted by molar-refractivity contribution is 7.89. The molecule has 0 aliphatic heterocycles. The molecular formula is C18H22N2O4S. The minimum atomic E-state index is -3.72. The number of carbonyl (C=O) groups excluding carboxylic acids is 1. The smallest absolute Gasteiger partial charge is 0.254 e. The average molecular weight is 362 g/mol. The van der Waals surface area contributed by atoms with Crippen molar-refractivity contribution in [3.8, 4) is 0 Å². The number of hydrogen-bond donors (Lipinski definition) is 1. The summed E-state index contributed by atoms with van der Waals surface area (Å²) in [4.78, 5) is 14.3. The van der Waals surface area contributed by atoms with Gasteiger partial charge in [0.15, 0.2) is 0 Å². The first kappa shape index (κ1) is 19.1. The molecule has 0 bridgehead atoms. The van der Waals surface area contributed by atoms with Crippen LogP contribution in [0.2, 0.25) is 0 Å². The first-order valence-corrected chi connectivity index (χ1v) is 9.26. The molecule has 0 fully saturated rings. The van der Waals surface area contributed by atoms with Gasteiger partial charge in [0.05, 0.1) is 17.5 Å². The van der Waals surface area contributed by atoms with Crippen LogP contribution in [0.25, 0.3) is 0 Å². The summed E-state index contributed by atoms with van der Waals surface area (Å²) in [5.74, 6) is -0.119. The van der Waals surface area contributed by atoms with Gasteiger partial charge in [-0.05, 0) is 42.3 Å². The van der Waals surface area contributed by atoms with Crippen LogP contribution in [-0.2, 0) is 21.4 Å². The van der Waals surface area contributed by atoms with Gasteiger partial charge in [-0.15, -0.1) is 0 Å². The van der Waals surface area contributed by atoms with Crippen LogP contribution in [0.1, 0.15) is 34.5 Å². The minimum Gasteiger partial charge on any atom is -0.380 e. The van der Waals surface area contributed by atoms with Crippen molar-refractivity contribution in [2.75, 3.05) is 14.2 Å². The van der Waals surface area contributed by atoms with E-state index in [9.17, 15) is 13.2 Å². The van der Waals surface area contributed by atoms with Gasteiger partial charge in [0.25, 0.3) is 5.91 Å². The van der Waals surface area contributed by atoms with Crippen molar-refractivity contribution < 1.29 is 17.9 Å². The number of methoxy groups -OCH3 is 1. The predicted octanol–water partition coefficient (Wildman–Crippen LogP) is 2.31. The average Bonchev–Trinajstić information content (AvgIpc) is 2.60. The Hall–Kier alpha value is -2.22. The fourth-order valence-corrected chi connectivity index (χ4v) is 2.96. The van der Waals surface area contributed by atoms with Crippen LogP contribution in [0, 0.1) is 0 Å². The number of primary sulfonamides is 1. The molecule has 2 rings (SSSR count). The number of carbonyl (C=O) groups is 1. The third kappa shape index (κ3) is 4.66. The fourth-order valence-electron chi connectivity index (χ4n) is 2.45. The molecule has 0 saturated heterocycles. The second-order valence-electron chi connectivity index (χ2n) is 5.84. The van der Waals surface area contributed by atoms with Crippen LogP contribution in [0.5, 0.6) is 0 Å². The Balaban J connectivity index is 2.15. The van der Waals surface area contributed by atoms with Crippen molar-refractivity contribution >= 4 is 15.9 Å². The summed E-state index contributed by atoms with van der Waals surface area (Å²) < 4.78 is 27.7. The van der Waals surface area contributed by atoms with Crippen molar-refractivity contribution in [2.45, 2.75) is 24.5 Å². The lowest BCUT2D eigenvalue weighted by atomic mass is 10.1. The molecule has 2 N–H and O–H groups in total. The maximum Gasteiger partial charge on any atom is 0.254 e. The normalized spacial score (nSPS) is 12.6. The summed E-state index contributed by atoms with van der Waals surface area (Å²) in [5.41, 5.74) is 2.39. The SMILES string of the molecule is COCc1ccc(C(=O)N(C)[C@H](C)c2ccc(S(N)(=O)=O)cc2)cc1. The molecule has 0 aliphatic carbocycles. The third-order valence-electron chi connectivity index (χ3n) is 4.10. The number of ether oxygens (including phenoxy) is 1. The number of sulfonamides is 1. The third-order valence-corrected chi connectivity index (χ3v) is 5.03. The van der Waals surface area contributed by atoms with Crippen LogP contribution >= 0.6 is 0 Å². The van der Waals surface area contributed by atoms with Crippen LogP contribution < -0.4 is 5.14 Å². The highest BCUT2D eigenvalue weighted by Crippen LogP contribution is 2.22. The fraction of sp³-hybridized carbons (Fsp3) is 0.278. The highest BCUT2D eigenvalue weighted by Gasteiger charge is 2.19. The molecule has 7 heteroatoms. The van der Waals surface area contributed by atoms with Crippen molar-refractivity contribution in [1.82, 2.24) is 4.90 Å². The van der Waals surface area contributed by atoms with Gasteiger partial charge in [-0.2, -0.15) is 0 Å². The summed E-state index contributed by atoms with van der Waals surface area (Å²) >= 11 is 0.